The molecular formula is C22H40N4O3. The van der Waals surface area contributed by atoms with Crippen LogP contribution in [0.2, 0.25) is 0 Å². The van der Waals surface area contributed by atoms with E-state index in [0.717, 1.165) is 25.8 Å². The molecule has 2 heterocycles. The molecular weight excluding hydrogens is 368 g/mol. The van der Waals surface area contributed by atoms with Gasteiger partial charge in [0.1, 0.15) is 6.04 Å². The lowest BCUT2D eigenvalue weighted by atomic mass is 9.86. The molecule has 3 amide bonds. The van der Waals surface area contributed by atoms with Crippen molar-refractivity contribution in [3.8, 4) is 0 Å². The summed E-state index contributed by atoms with van der Waals surface area (Å²) in [6.45, 7) is 13.1. The molecule has 2 aliphatic heterocycles. The largest absolute Gasteiger partial charge is 0.370 e. The Balaban J connectivity index is 2.09. The molecule has 3 N–H and O–H groups in total. The normalized spacial score (nSPS) is 22.8. The van der Waals surface area contributed by atoms with Gasteiger partial charge in [0.15, 0.2) is 0 Å². The number of piperazine rings is 1. The number of amides is 3. The summed E-state index contributed by atoms with van der Waals surface area (Å²) in [5, 5.41) is 3.35. The molecule has 29 heavy (non-hydrogen) atoms. The topological polar surface area (TPSA) is 95.7 Å². The van der Waals surface area contributed by atoms with Crippen molar-refractivity contribution in [1.82, 2.24) is 15.1 Å². The van der Waals surface area contributed by atoms with Gasteiger partial charge in [-0.25, -0.2) is 0 Å². The highest BCUT2D eigenvalue weighted by Crippen LogP contribution is 2.26. The van der Waals surface area contributed by atoms with E-state index in [2.05, 4.69) is 39.9 Å². The van der Waals surface area contributed by atoms with Crippen molar-refractivity contribution >= 4 is 17.7 Å². The molecule has 0 aliphatic carbocycles. The number of carbonyl (C=O) groups is 3. The van der Waals surface area contributed by atoms with Gasteiger partial charge in [0, 0.05) is 32.6 Å². The summed E-state index contributed by atoms with van der Waals surface area (Å²) in [7, 11) is 0. The number of rotatable bonds is 7. The Kier molecular flexibility index (Phi) is 8.09. The minimum Gasteiger partial charge on any atom is -0.370 e. The number of nitrogens with zero attached hydrogens (tertiary/aromatic N) is 2. The van der Waals surface area contributed by atoms with Gasteiger partial charge in [-0.15, -0.1) is 0 Å². The lowest BCUT2D eigenvalue weighted by molar-refractivity contribution is -0.150. The van der Waals surface area contributed by atoms with Crippen LogP contribution in [0.5, 0.6) is 0 Å². The highest BCUT2D eigenvalue weighted by atomic mass is 16.2. The number of nitrogens with one attached hydrogen (secondary N) is 1. The molecule has 2 aliphatic rings. The first-order chi connectivity index (χ1) is 13.5. The third kappa shape index (κ3) is 6.98. The van der Waals surface area contributed by atoms with Crippen LogP contribution < -0.4 is 11.1 Å². The van der Waals surface area contributed by atoms with Crippen LogP contribution in [0.4, 0.5) is 0 Å². The summed E-state index contributed by atoms with van der Waals surface area (Å²) in [5.41, 5.74) is 5.36. The summed E-state index contributed by atoms with van der Waals surface area (Å²) in [6.07, 6.45) is 3.41. The molecule has 0 bridgehead atoms. The van der Waals surface area contributed by atoms with Gasteiger partial charge in [-0.05, 0) is 42.9 Å². The molecule has 0 radical (unpaired) electrons. The van der Waals surface area contributed by atoms with Crippen molar-refractivity contribution in [3.63, 3.8) is 0 Å². The number of piperidine rings is 1. The molecule has 0 saturated carbocycles. The third-order valence-electron chi connectivity index (χ3n) is 5.91. The standard InChI is InChI=1S/C22H40N4O3/c1-15(2)12-18(21(29)25-9-6-16(7-10-25)13-19(23)27)26-11-8-24-17(20(26)28)14-22(3,4)5/h15-18,24H,6-14H2,1-5H3,(H2,23,27). The quantitative estimate of drug-likeness (QED) is 0.671. The second-order valence-electron chi connectivity index (χ2n) is 10.4. The third-order valence-corrected chi connectivity index (χ3v) is 5.91. The van der Waals surface area contributed by atoms with Crippen molar-refractivity contribution in [3.05, 3.63) is 0 Å². The summed E-state index contributed by atoms with van der Waals surface area (Å²) in [5.74, 6) is 0.413. The lowest BCUT2D eigenvalue weighted by Crippen LogP contribution is -2.62. The molecule has 2 saturated heterocycles. The molecule has 7 nitrogen and oxygen atoms in total. The van der Waals surface area contributed by atoms with Crippen LogP contribution in [0.3, 0.4) is 0 Å². The average Bonchev–Trinajstić information content (AvgIpc) is 2.60. The van der Waals surface area contributed by atoms with E-state index < -0.39 is 6.04 Å². The van der Waals surface area contributed by atoms with E-state index in [1.807, 2.05) is 9.80 Å². The Morgan fingerprint density at radius 2 is 1.79 bits per heavy atom. The van der Waals surface area contributed by atoms with E-state index in [9.17, 15) is 14.4 Å². The fourth-order valence-corrected chi connectivity index (χ4v) is 4.50. The second-order valence-corrected chi connectivity index (χ2v) is 10.4. The Morgan fingerprint density at radius 3 is 2.31 bits per heavy atom. The van der Waals surface area contributed by atoms with Crippen molar-refractivity contribution in [2.75, 3.05) is 26.2 Å². The van der Waals surface area contributed by atoms with Gasteiger partial charge in [0.2, 0.25) is 17.7 Å². The zero-order valence-corrected chi connectivity index (χ0v) is 18.9. The van der Waals surface area contributed by atoms with Crippen LogP contribution >= 0.6 is 0 Å². The van der Waals surface area contributed by atoms with Crippen molar-refractivity contribution in [2.45, 2.75) is 78.8 Å². The Morgan fingerprint density at radius 1 is 1.17 bits per heavy atom. The van der Waals surface area contributed by atoms with Crippen LogP contribution in [0, 0.1) is 17.3 Å². The maximum Gasteiger partial charge on any atom is 0.245 e. The first-order valence-corrected chi connectivity index (χ1v) is 11.1. The number of hydrogen-bond acceptors (Lipinski definition) is 4. The van der Waals surface area contributed by atoms with Crippen LogP contribution in [-0.2, 0) is 14.4 Å². The predicted octanol–water partition coefficient (Wildman–Crippen LogP) is 1.75. The molecule has 2 fully saturated rings. The summed E-state index contributed by atoms with van der Waals surface area (Å²) in [6, 6.07) is -0.632. The van der Waals surface area contributed by atoms with E-state index in [0.29, 0.717) is 38.4 Å². The molecule has 7 heteroatoms. The second kappa shape index (κ2) is 9.92. The molecule has 166 valence electrons. The first kappa shape index (κ1) is 23.6. The number of hydrogen-bond donors (Lipinski definition) is 2. The maximum atomic E-state index is 13.4. The van der Waals surface area contributed by atoms with Gasteiger partial charge in [-0.3, -0.25) is 14.4 Å². The zero-order valence-electron chi connectivity index (χ0n) is 18.9. The van der Waals surface area contributed by atoms with Crippen LogP contribution in [-0.4, -0.2) is 65.8 Å². The summed E-state index contributed by atoms with van der Waals surface area (Å²) >= 11 is 0. The molecule has 0 aromatic carbocycles. The van der Waals surface area contributed by atoms with Crippen molar-refractivity contribution in [1.29, 1.82) is 0 Å². The summed E-state index contributed by atoms with van der Waals surface area (Å²) in [4.78, 5) is 41.5. The molecule has 0 aromatic heterocycles. The van der Waals surface area contributed by atoms with Crippen molar-refractivity contribution < 1.29 is 14.4 Å². The minimum atomic E-state index is -0.403. The van der Waals surface area contributed by atoms with E-state index in [-0.39, 0.29) is 35.1 Å². The highest BCUT2D eigenvalue weighted by molar-refractivity contribution is 5.90. The van der Waals surface area contributed by atoms with Gasteiger partial charge in [0.05, 0.1) is 6.04 Å². The molecule has 2 rings (SSSR count). The lowest BCUT2D eigenvalue weighted by Gasteiger charge is -2.42. The SMILES string of the molecule is CC(C)CC(C(=O)N1CCC(CC(N)=O)CC1)N1CCNC(CC(C)(C)C)C1=O. The molecule has 0 aromatic rings. The molecule has 0 spiro atoms. The Bertz CT molecular complexity index is 591. The van der Waals surface area contributed by atoms with Gasteiger partial charge in [-0.2, -0.15) is 0 Å². The smallest absolute Gasteiger partial charge is 0.245 e. The van der Waals surface area contributed by atoms with Crippen LogP contribution in [0.25, 0.3) is 0 Å². The Labute approximate surface area is 175 Å². The fourth-order valence-electron chi connectivity index (χ4n) is 4.50. The van der Waals surface area contributed by atoms with Gasteiger partial charge < -0.3 is 20.9 Å². The predicted molar refractivity (Wildman–Crippen MR) is 114 cm³/mol. The first-order valence-electron chi connectivity index (χ1n) is 11.1. The molecule has 2 unspecified atom stereocenters. The van der Waals surface area contributed by atoms with Gasteiger partial charge in [-0.1, -0.05) is 34.6 Å². The Hall–Kier alpha value is -1.63. The van der Waals surface area contributed by atoms with Gasteiger partial charge >= 0.3 is 0 Å². The highest BCUT2D eigenvalue weighted by Gasteiger charge is 2.40. The number of likely N-dealkylation sites (tertiary alicyclic amines) is 1. The fraction of sp³-hybridized carbons (Fsp3) is 0.864. The zero-order chi connectivity index (χ0) is 21.8. The van der Waals surface area contributed by atoms with E-state index in [4.69, 9.17) is 5.73 Å². The van der Waals surface area contributed by atoms with E-state index >= 15 is 0 Å². The van der Waals surface area contributed by atoms with Crippen molar-refractivity contribution in [2.24, 2.45) is 23.0 Å². The minimum absolute atomic E-state index is 0.0379. The van der Waals surface area contributed by atoms with Gasteiger partial charge in [0.25, 0.3) is 0 Å². The van der Waals surface area contributed by atoms with Crippen LogP contribution in [0.15, 0.2) is 0 Å². The van der Waals surface area contributed by atoms with E-state index in [1.54, 1.807) is 0 Å². The van der Waals surface area contributed by atoms with E-state index in [1.165, 1.54) is 0 Å². The average molecular weight is 409 g/mol. The molecule has 2 atom stereocenters. The number of primary amides is 1. The number of nitrogens with two attached hydrogens (primary N) is 1. The monoisotopic (exact) mass is 408 g/mol. The van der Waals surface area contributed by atoms with Crippen LogP contribution in [0.1, 0.15) is 66.7 Å². The maximum absolute atomic E-state index is 13.4. The summed E-state index contributed by atoms with van der Waals surface area (Å²) < 4.78 is 0. The number of carbonyl (C=O) groups excluding carboxylic acids is 3.